The van der Waals surface area contributed by atoms with E-state index in [4.69, 9.17) is 0 Å². The van der Waals surface area contributed by atoms with Crippen LogP contribution >= 0.6 is 11.8 Å². The highest BCUT2D eigenvalue weighted by Gasteiger charge is 2.04. The van der Waals surface area contributed by atoms with Crippen LogP contribution in [-0.2, 0) is 13.6 Å². The second-order valence-corrected chi connectivity index (χ2v) is 5.29. The summed E-state index contributed by atoms with van der Waals surface area (Å²) >= 11 is 1.91. The molecular formula is C14H20N2S. The summed E-state index contributed by atoms with van der Waals surface area (Å²) in [5.74, 6) is 1.24. The third kappa shape index (κ3) is 3.05. The molecule has 0 spiro atoms. The molecule has 0 saturated carbocycles. The smallest absolute Gasteiger partial charge is 0.0481 e. The lowest BCUT2D eigenvalue weighted by Gasteiger charge is -2.02. The van der Waals surface area contributed by atoms with Crippen LogP contribution < -0.4 is 5.32 Å². The summed E-state index contributed by atoms with van der Waals surface area (Å²) in [5.41, 5.74) is 2.71. The molecule has 0 unspecified atom stereocenters. The number of nitrogens with zero attached hydrogens (tertiary/aromatic N) is 1. The van der Waals surface area contributed by atoms with Gasteiger partial charge in [-0.2, -0.15) is 11.8 Å². The van der Waals surface area contributed by atoms with E-state index in [9.17, 15) is 0 Å². The van der Waals surface area contributed by atoms with Crippen LogP contribution in [0.4, 0.5) is 0 Å². The third-order valence-electron chi connectivity index (χ3n) is 3.00. The van der Waals surface area contributed by atoms with Crippen molar-refractivity contribution >= 4 is 22.7 Å². The lowest BCUT2D eigenvalue weighted by atomic mass is 10.2. The first-order valence-corrected chi connectivity index (χ1v) is 7.45. The average molecular weight is 248 g/mol. The van der Waals surface area contributed by atoms with Crippen LogP contribution in [0, 0.1) is 0 Å². The molecule has 92 valence electrons. The number of nitrogens with one attached hydrogen (secondary N) is 1. The molecule has 2 nitrogen and oxygen atoms in total. The molecule has 1 aromatic heterocycles. The monoisotopic (exact) mass is 248 g/mol. The van der Waals surface area contributed by atoms with Crippen LogP contribution in [-0.4, -0.2) is 23.1 Å². The number of fused-ring (bicyclic) bond motifs is 1. The van der Waals surface area contributed by atoms with Crippen molar-refractivity contribution in [3.63, 3.8) is 0 Å². The first-order chi connectivity index (χ1) is 8.33. The Bertz CT molecular complexity index is 476. The van der Waals surface area contributed by atoms with E-state index in [1.54, 1.807) is 0 Å². The zero-order valence-electron chi connectivity index (χ0n) is 10.6. The molecule has 0 aliphatic rings. The van der Waals surface area contributed by atoms with Crippen LogP contribution in [0.25, 0.3) is 10.9 Å². The minimum absolute atomic E-state index is 0.968. The Hall–Kier alpha value is -0.930. The topological polar surface area (TPSA) is 17.0 Å². The lowest BCUT2D eigenvalue weighted by molar-refractivity contribution is 0.680. The molecule has 0 amide bonds. The summed E-state index contributed by atoms with van der Waals surface area (Å²) in [7, 11) is 2.11. The van der Waals surface area contributed by atoms with Gasteiger partial charge in [0.15, 0.2) is 0 Å². The van der Waals surface area contributed by atoms with Crippen molar-refractivity contribution < 1.29 is 0 Å². The van der Waals surface area contributed by atoms with E-state index in [2.05, 4.69) is 53.6 Å². The molecule has 0 radical (unpaired) electrons. The second-order valence-electron chi connectivity index (χ2n) is 4.31. The van der Waals surface area contributed by atoms with Crippen molar-refractivity contribution in [2.75, 3.05) is 18.6 Å². The average Bonchev–Trinajstić information content (AvgIpc) is 2.67. The minimum Gasteiger partial charge on any atom is -0.350 e. The molecule has 0 saturated heterocycles. The molecule has 17 heavy (non-hydrogen) atoms. The van der Waals surface area contributed by atoms with Gasteiger partial charge in [0, 0.05) is 30.7 Å². The third-order valence-corrected chi connectivity index (χ3v) is 3.69. The lowest BCUT2D eigenvalue weighted by Crippen LogP contribution is -2.15. The second kappa shape index (κ2) is 6.12. The van der Waals surface area contributed by atoms with Gasteiger partial charge in [-0.1, -0.05) is 18.2 Å². The summed E-state index contributed by atoms with van der Waals surface area (Å²) < 4.78 is 2.20. The van der Waals surface area contributed by atoms with Gasteiger partial charge >= 0.3 is 0 Å². The number of aromatic nitrogens is 1. The molecule has 3 heteroatoms. The molecule has 0 fully saturated rings. The highest BCUT2D eigenvalue weighted by molar-refractivity contribution is 7.98. The zero-order valence-corrected chi connectivity index (χ0v) is 11.4. The van der Waals surface area contributed by atoms with Gasteiger partial charge in [-0.15, -0.1) is 0 Å². The van der Waals surface area contributed by atoms with E-state index in [0.717, 1.165) is 13.1 Å². The summed E-state index contributed by atoms with van der Waals surface area (Å²) in [4.78, 5) is 0. The van der Waals surface area contributed by atoms with E-state index < -0.39 is 0 Å². The SMILES string of the molecule is CSCCCNCc1cn(C)c2ccccc12. The van der Waals surface area contributed by atoms with Crippen molar-refractivity contribution in [2.45, 2.75) is 13.0 Å². The largest absolute Gasteiger partial charge is 0.350 e. The van der Waals surface area contributed by atoms with E-state index in [-0.39, 0.29) is 0 Å². The number of hydrogen-bond donors (Lipinski definition) is 1. The molecular weight excluding hydrogens is 228 g/mol. The maximum absolute atomic E-state index is 3.52. The Kier molecular flexibility index (Phi) is 4.51. The Morgan fingerprint density at radius 1 is 1.29 bits per heavy atom. The van der Waals surface area contributed by atoms with E-state index in [0.29, 0.717) is 0 Å². The number of hydrogen-bond acceptors (Lipinski definition) is 2. The van der Waals surface area contributed by atoms with E-state index >= 15 is 0 Å². The molecule has 2 aromatic rings. The van der Waals surface area contributed by atoms with Crippen LogP contribution in [0.1, 0.15) is 12.0 Å². The van der Waals surface area contributed by atoms with Gasteiger partial charge in [-0.25, -0.2) is 0 Å². The normalized spacial score (nSPS) is 11.2. The first kappa shape index (κ1) is 12.5. The molecule has 1 N–H and O–H groups in total. The van der Waals surface area contributed by atoms with Gasteiger partial charge in [0.2, 0.25) is 0 Å². The quantitative estimate of drug-likeness (QED) is 0.791. The Balaban J connectivity index is 1.99. The molecule has 0 atom stereocenters. The molecule has 2 rings (SSSR count). The highest BCUT2D eigenvalue weighted by atomic mass is 32.2. The number of aryl methyl sites for hydroxylation is 1. The summed E-state index contributed by atoms with van der Waals surface area (Å²) in [6.45, 7) is 2.07. The Morgan fingerprint density at radius 2 is 2.12 bits per heavy atom. The minimum atomic E-state index is 0.968. The zero-order chi connectivity index (χ0) is 12.1. The summed E-state index contributed by atoms with van der Waals surface area (Å²) in [6.07, 6.45) is 5.63. The van der Waals surface area contributed by atoms with Crippen LogP contribution in [0.3, 0.4) is 0 Å². The fourth-order valence-electron chi connectivity index (χ4n) is 2.13. The number of thioether (sulfide) groups is 1. The molecule has 1 heterocycles. The van der Waals surface area contributed by atoms with Gasteiger partial charge in [-0.3, -0.25) is 0 Å². The van der Waals surface area contributed by atoms with E-state index in [1.807, 2.05) is 11.8 Å². The van der Waals surface area contributed by atoms with Gasteiger partial charge in [0.05, 0.1) is 0 Å². The summed E-state index contributed by atoms with van der Waals surface area (Å²) in [5, 5.41) is 4.88. The molecule has 1 aromatic carbocycles. The highest BCUT2D eigenvalue weighted by Crippen LogP contribution is 2.19. The number of rotatable bonds is 6. The fraction of sp³-hybridized carbons (Fsp3) is 0.429. The Morgan fingerprint density at radius 3 is 2.94 bits per heavy atom. The molecule has 0 aliphatic carbocycles. The van der Waals surface area contributed by atoms with Crippen molar-refractivity contribution in [1.82, 2.24) is 9.88 Å². The van der Waals surface area contributed by atoms with Gasteiger partial charge < -0.3 is 9.88 Å². The summed E-state index contributed by atoms with van der Waals surface area (Å²) in [6, 6.07) is 8.58. The van der Waals surface area contributed by atoms with Gasteiger partial charge in [0.25, 0.3) is 0 Å². The van der Waals surface area contributed by atoms with Gasteiger partial charge in [-0.05, 0) is 36.6 Å². The standard InChI is InChI=1S/C14H20N2S/c1-16-11-12(10-15-8-5-9-17-2)13-6-3-4-7-14(13)16/h3-4,6-7,11,15H,5,8-10H2,1-2H3. The predicted octanol–water partition coefficient (Wildman–Crippen LogP) is 3.02. The van der Waals surface area contributed by atoms with Crippen LogP contribution in [0.2, 0.25) is 0 Å². The maximum atomic E-state index is 3.52. The van der Waals surface area contributed by atoms with Crippen LogP contribution in [0.5, 0.6) is 0 Å². The predicted molar refractivity (Wildman–Crippen MR) is 77.6 cm³/mol. The van der Waals surface area contributed by atoms with Crippen molar-refractivity contribution in [3.8, 4) is 0 Å². The maximum Gasteiger partial charge on any atom is 0.0481 e. The fourth-order valence-corrected chi connectivity index (χ4v) is 2.56. The number of benzene rings is 1. The van der Waals surface area contributed by atoms with Crippen LogP contribution in [0.15, 0.2) is 30.5 Å². The van der Waals surface area contributed by atoms with E-state index in [1.165, 1.54) is 28.6 Å². The molecule has 0 aliphatic heterocycles. The van der Waals surface area contributed by atoms with Gasteiger partial charge in [0.1, 0.15) is 0 Å². The van der Waals surface area contributed by atoms with Crippen molar-refractivity contribution in [1.29, 1.82) is 0 Å². The van der Waals surface area contributed by atoms with Crippen molar-refractivity contribution in [3.05, 3.63) is 36.0 Å². The number of para-hydroxylation sites is 1. The molecule has 0 bridgehead atoms. The first-order valence-electron chi connectivity index (χ1n) is 6.05. The Labute approximate surface area is 107 Å². The van der Waals surface area contributed by atoms with Crippen molar-refractivity contribution in [2.24, 2.45) is 7.05 Å².